The minimum Gasteiger partial charge on any atom is -0.466 e. The van der Waals surface area contributed by atoms with Gasteiger partial charge in [0.2, 0.25) is 0 Å². The van der Waals surface area contributed by atoms with Crippen LogP contribution >= 0.6 is 21.6 Å². The Hall–Kier alpha value is -1.19. The summed E-state index contributed by atoms with van der Waals surface area (Å²) in [6, 6.07) is 1.54. The van der Waals surface area contributed by atoms with Crippen molar-refractivity contribution in [1.82, 2.24) is 9.55 Å². The Balaban J connectivity index is 1.73. The lowest BCUT2D eigenvalue weighted by molar-refractivity contribution is -0.144. The fraction of sp³-hybridized carbons (Fsp3) is 0.828. The molecular formula is C29H53N3O4S2. The number of ether oxygens (including phenoxy) is 1. The number of nitrogen functional groups attached to an aromatic ring is 1. The number of esters is 1. The van der Waals surface area contributed by atoms with Gasteiger partial charge in [0.05, 0.1) is 13.0 Å². The Morgan fingerprint density at radius 1 is 0.789 bits per heavy atom. The molecule has 0 atom stereocenters. The summed E-state index contributed by atoms with van der Waals surface area (Å²) >= 11 is 0. The van der Waals surface area contributed by atoms with Crippen LogP contribution in [0.4, 0.5) is 5.82 Å². The first-order valence-electron chi connectivity index (χ1n) is 15.0. The van der Waals surface area contributed by atoms with E-state index in [1.54, 1.807) is 12.3 Å². The van der Waals surface area contributed by atoms with Crippen molar-refractivity contribution in [1.29, 1.82) is 0 Å². The van der Waals surface area contributed by atoms with Crippen LogP contribution in [0.25, 0.3) is 0 Å². The highest BCUT2D eigenvalue weighted by Gasteiger charge is 2.05. The summed E-state index contributed by atoms with van der Waals surface area (Å²) in [6.45, 7) is 1.06. The molecule has 0 spiro atoms. The lowest BCUT2D eigenvalue weighted by Crippen LogP contribution is -2.24. The molecule has 0 bridgehead atoms. The number of aromatic nitrogens is 2. The number of aryl methyl sites for hydroxylation is 1. The van der Waals surface area contributed by atoms with Gasteiger partial charge in [0, 0.05) is 30.9 Å². The highest BCUT2D eigenvalue weighted by atomic mass is 33.1. The van der Waals surface area contributed by atoms with Crippen molar-refractivity contribution in [3.05, 3.63) is 22.7 Å². The van der Waals surface area contributed by atoms with E-state index in [4.69, 9.17) is 15.6 Å². The van der Waals surface area contributed by atoms with Gasteiger partial charge in [-0.3, -0.25) is 9.36 Å². The monoisotopic (exact) mass is 571 g/mol. The van der Waals surface area contributed by atoms with Gasteiger partial charge < -0.3 is 15.6 Å². The van der Waals surface area contributed by atoms with Crippen LogP contribution in [-0.2, 0) is 16.1 Å². The van der Waals surface area contributed by atoms with Crippen LogP contribution in [0.2, 0.25) is 0 Å². The minimum atomic E-state index is -0.444. The van der Waals surface area contributed by atoms with Crippen molar-refractivity contribution in [3.8, 4) is 0 Å². The van der Waals surface area contributed by atoms with Crippen molar-refractivity contribution in [2.45, 2.75) is 129 Å². The number of rotatable bonds is 27. The van der Waals surface area contributed by atoms with Crippen LogP contribution in [0.5, 0.6) is 0 Å². The number of unbranched alkanes of at least 4 members (excludes halogenated alkanes) is 16. The third kappa shape index (κ3) is 21.7. The summed E-state index contributed by atoms with van der Waals surface area (Å²) in [5.41, 5.74) is 5.02. The molecule has 0 aliphatic heterocycles. The average molecular weight is 572 g/mol. The molecule has 0 aliphatic rings. The molecule has 0 unspecified atom stereocenters. The molecule has 9 heteroatoms. The molecule has 1 aromatic rings. The van der Waals surface area contributed by atoms with Crippen LogP contribution < -0.4 is 11.4 Å². The fourth-order valence-electron chi connectivity index (χ4n) is 4.21. The maximum atomic E-state index is 11.8. The summed E-state index contributed by atoms with van der Waals surface area (Å²) in [7, 11) is 4.11. The lowest BCUT2D eigenvalue weighted by Gasteiger charge is -2.07. The largest absolute Gasteiger partial charge is 0.466 e. The number of hydrogen-bond donors (Lipinski definition) is 2. The predicted molar refractivity (Wildman–Crippen MR) is 164 cm³/mol. The summed E-state index contributed by atoms with van der Waals surface area (Å²) in [5.74, 6) is 2.48. The molecule has 1 rings (SSSR count). The van der Waals surface area contributed by atoms with Gasteiger partial charge in [-0.1, -0.05) is 111 Å². The van der Waals surface area contributed by atoms with E-state index in [2.05, 4.69) is 26.6 Å². The third-order valence-corrected chi connectivity index (χ3v) is 9.13. The van der Waals surface area contributed by atoms with Crippen LogP contribution in [-0.4, -0.2) is 45.3 Å². The Kier molecular flexibility index (Phi) is 23.9. The average Bonchev–Trinajstić information content (AvgIpc) is 2.90. The number of aliphatic hydroxyl groups is 1. The first kappa shape index (κ1) is 34.8. The Morgan fingerprint density at radius 2 is 1.26 bits per heavy atom. The number of nitrogens with two attached hydrogens (primary N) is 1. The van der Waals surface area contributed by atoms with Crippen molar-refractivity contribution in [2.24, 2.45) is 0 Å². The van der Waals surface area contributed by atoms with Crippen LogP contribution in [0.15, 0.2) is 17.1 Å². The van der Waals surface area contributed by atoms with Crippen molar-refractivity contribution in [3.63, 3.8) is 0 Å². The van der Waals surface area contributed by atoms with E-state index in [-0.39, 0.29) is 24.8 Å². The standard InChI is InChI=1S/C29H53N3O4S2/c30-27-19-21-32(29(35)31-27)22-20-28(34)36-24-16-12-8-4-2-6-10-14-18-26-38-37-25-17-13-9-5-1-3-7-11-15-23-33/h19,21,33H,1-18,20,22-26H2,(H2,30,31,35). The van der Waals surface area contributed by atoms with Crippen LogP contribution in [0.3, 0.4) is 0 Å². The molecule has 0 radical (unpaired) electrons. The van der Waals surface area contributed by atoms with E-state index in [0.29, 0.717) is 13.2 Å². The smallest absolute Gasteiger partial charge is 0.349 e. The number of carbonyl (C=O) groups is 1. The van der Waals surface area contributed by atoms with E-state index in [1.165, 1.54) is 112 Å². The zero-order valence-electron chi connectivity index (χ0n) is 23.6. The second-order valence-corrected chi connectivity index (χ2v) is 12.7. The van der Waals surface area contributed by atoms with Gasteiger partial charge in [-0.2, -0.15) is 4.98 Å². The maximum absolute atomic E-state index is 11.8. The molecule has 0 aromatic carbocycles. The van der Waals surface area contributed by atoms with Crippen LogP contribution in [0, 0.1) is 0 Å². The molecule has 3 N–H and O–H groups in total. The van der Waals surface area contributed by atoms with Gasteiger partial charge in [0.15, 0.2) is 0 Å². The molecular weight excluding hydrogens is 518 g/mol. The number of hydrogen-bond acceptors (Lipinski definition) is 8. The third-order valence-electron chi connectivity index (χ3n) is 6.56. The summed E-state index contributed by atoms with van der Waals surface area (Å²) in [5, 5.41) is 8.77. The summed E-state index contributed by atoms with van der Waals surface area (Å²) < 4.78 is 6.63. The number of nitrogens with zero attached hydrogens (tertiary/aromatic N) is 2. The number of aliphatic hydroxyl groups excluding tert-OH is 1. The van der Waals surface area contributed by atoms with Gasteiger partial charge in [0.25, 0.3) is 0 Å². The zero-order valence-corrected chi connectivity index (χ0v) is 25.2. The van der Waals surface area contributed by atoms with Crippen molar-refractivity contribution in [2.75, 3.05) is 30.5 Å². The Bertz CT molecular complexity index is 749. The quantitative estimate of drug-likeness (QED) is 0.0651. The highest BCUT2D eigenvalue weighted by Crippen LogP contribution is 2.25. The first-order chi connectivity index (χ1) is 18.6. The van der Waals surface area contributed by atoms with Gasteiger partial charge in [-0.05, 0) is 31.7 Å². The zero-order chi connectivity index (χ0) is 27.5. The van der Waals surface area contributed by atoms with Crippen LogP contribution in [0.1, 0.15) is 122 Å². The lowest BCUT2D eigenvalue weighted by atomic mass is 10.1. The van der Waals surface area contributed by atoms with E-state index in [1.807, 2.05) is 0 Å². The number of carbonyl (C=O) groups excluding carboxylic acids is 1. The normalized spacial score (nSPS) is 11.2. The van der Waals surface area contributed by atoms with Gasteiger partial charge in [0.1, 0.15) is 5.82 Å². The first-order valence-corrected chi connectivity index (χ1v) is 17.5. The molecule has 0 fully saturated rings. The maximum Gasteiger partial charge on any atom is 0.349 e. The molecule has 0 saturated carbocycles. The molecule has 7 nitrogen and oxygen atoms in total. The Labute approximate surface area is 238 Å². The summed E-state index contributed by atoms with van der Waals surface area (Å²) in [6.07, 6.45) is 24.4. The van der Waals surface area contributed by atoms with Gasteiger partial charge in [-0.25, -0.2) is 4.79 Å². The topological polar surface area (TPSA) is 107 Å². The molecule has 0 amide bonds. The summed E-state index contributed by atoms with van der Waals surface area (Å²) in [4.78, 5) is 27.1. The number of anilines is 1. The molecule has 1 aromatic heterocycles. The molecule has 220 valence electrons. The van der Waals surface area contributed by atoms with Gasteiger partial charge >= 0.3 is 11.7 Å². The van der Waals surface area contributed by atoms with Crippen molar-refractivity contribution < 1.29 is 14.6 Å². The predicted octanol–water partition coefficient (Wildman–Crippen LogP) is 7.15. The molecule has 1 heterocycles. The van der Waals surface area contributed by atoms with E-state index in [0.717, 1.165) is 19.3 Å². The molecule has 0 saturated heterocycles. The second kappa shape index (κ2) is 26.1. The highest BCUT2D eigenvalue weighted by molar-refractivity contribution is 8.76. The van der Waals surface area contributed by atoms with E-state index in [9.17, 15) is 9.59 Å². The Morgan fingerprint density at radius 3 is 1.76 bits per heavy atom. The molecule has 38 heavy (non-hydrogen) atoms. The minimum absolute atomic E-state index is 0.164. The second-order valence-electron chi connectivity index (χ2n) is 10.0. The fourth-order valence-corrected chi connectivity index (χ4v) is 6.50. The SMILES string of the molecule is Nc1ccn(CCC(=O)OCCCCCCCCCCCSSCCCCCCCCCCCO)c(=O)n1. The molecule has 0 aliphatic carbocycles. The van der Waals surface area contributed by atoms with Gasteiger partial charge in [-0.15, -0.1) is 0 Å². The van der Waals surface area contributed by atoms with E-state index < -0.39 is 5.69 Å². The van der Waals surface area contributed by atoms with E-state index >= 15 is 0 Å². The van der Waals surface area contributed by atoms with Crippen molar-refractivity contribution >= 4 is 33.4 Å².